The fraction of sp³-hybridized carbons (Fsp3) is 0.345. The molecule has 0 spiro atoms. The molecule has 1 atom stereocenters. The lowest BCUT2D eigenvalue weighted by molar-refractivity contribution is -0.384. The van der Waals surface area contributed by atoms with Gasteiger partial charge in [-0.15, -0.1) is 0 Å². The minimum atomic E-state index is -0.412. The van der Waals surface area contributed by atoms with Gasteiger partial charge in [-0.2, -0.15) is 20.1 Å². The molecular weight excluding hydrogens is 598 g/mol. The highest BCUT2D eigenvalue weighted by Gasteiger charge is 2.31. The number of morpholine rings is 2. The topological polar surface area (TPSA) is 161 Å². The van der Waals surface area contributed by atoms with E-state index in [0.717, 1.165) is 34.0 Å². The molecule has 1 unspecified atom stereocenters. The van der Waals surface area contributed by atoms with Gasteiger partial charge in [0, 0.05) is 49.6 Å². The maximum Gasteiger partial charge on any atom is 0.269 e. The Labute approximate surface area is 263 Å². The van der Waals surface area contributed by atoms with Crippen molar-refractivity contribution in [2.45, 2.75) is 13.0 Å². The lowest BCUT2D eigenvalue weighted by Crippen LogP contribution is -2.40. The summed E-state index contributed by atoms with van der Waals surface area (Å²) in [6, 6.07) is 13.9. The molecule has 45 heavy (non-hydrogen) atoms. The van der Waals surface area contributed by atoms with Crippen molar-refractivity contribution in [3.63, 3.8) is 0 Å². The molecule has 0 bridgehead atoms. The van der Waals surface area contributed by atoms with Crippen LogP contribution in [0, 0.1) is 17.0 Å². The molecule has 4 aromatic rings. The maximum absolute atomic E-state index is 11.2. The van der Waals surface area contributed by atoms with Crippen LogP contribution in [-0.4, -0.2) is 87.4 Å². The number of hydrogen-bond donors (Lipinski definition) is 3. The molecule has 5 heterocycles. The molecule has 7 rings (SSSR count). The number of hydrogen-bond acceptors (Lipinski definition) is 12. The monoisotopic (exact) mass is 629 g/mol. The minimum Gasteiger partial charge on any atom is -0.378 e. The number of nitrogens with zero attached hydrogens (tertiary/aromatic N) is 8. The van der Waals surface area contributed by atoms with Crippen LogP contribution < -0.4 is 25.8 Å². The molecule has 2 aromatic heterocycles. The number of non-ortho nitro benzene ring substituents is 1. The van der Waals surface area contributed by atoms with Crippen LogP contribution in [0.2, 0.25) is 0 Å². The second-order valence-electron chi connectivity index (χ2n) is 10.8. The van der Waals surface area contributed by atoms with Gasteiger partial charge >= 0.3 is 0 Å². The zero-order valence-electron chi connectivity index (χ0n) is 24.5. The van der Waals surface area contributed by atoms with Gasteiger partial charge in [0.2, 0.25) is 17.8 Å². The van der Waals surface area contributed by atoms with Crippen LogP contribution in [0.15, 0.2) is 48.5 Å². The number of nitrogens with one attached hydrogen (secondary N) is 3. The Balaban J connectivity index is 1.16. The third-order valence-electron chi connectivity index (χ3n) is 7.91. The molecule has 3 aliphatic rings. The molecule has 0 amide bonds. The summed E-state index contributed by atoms with van der Waals surface area (Å²) in [6.07, 6.45) is 0. The van der Waals surface area contributed by atoms with Crippen LogP contribution >= 0.6 is 12.2 Å². The van der Waals surface area contributed by atoms with Crippen molar-refractivity contribution in [1.82, 2.24) is 30.0 Å². The van der Waals surface area contributed by atoms with Crippen molar-refractivity contribution in [2.75, 3.05) is 73.0 Å². The fourth-order valence-corrected chi connectivity index (χ4v) is 5.83. The Morgan fingerprint density at radius 3 is 2.09 bits per heavy atom. The Morgan fingerprint density at radius 1 is 0.911 bits per heavy atom. The Bertz CT molecular complexity index is 1680. The Morgan fingerprint density at radius 2 is 1.51 bits per heavy atom. The molecule has 2 fully saturated rings. The highest BCUT2D eigenvalue weighted by atomic mass is 32.1. The SMILES string of the molecule is Cc1nn(-c2ccc(Nc3nc(N4CCOCC4)nc(N4CCOCC4)n3)cc2)c2c1C(c1ccc([N+](=O)[O-])cc1)NC(=S)N2. The second kappa shape index (κ2) is 12.2. The standard InChI is InChI=1S/C29H31N11O4S/c1-18-23-24(19-2-6-22(7-3-19)40(41)42)31-29(45)32-25(23)39(36-18)21-8-4-20(5-9-21)30-26-33-27(37-10-14-43-15-11-37)35-28(34-26)38-12-16-44-17-13-38/h2-9,24H,10-17H2,1H3,(H2,31,32,45)(H,30,33,34,35). The Kier molecular flexibility index (Phi) is 7.83. The summed E-state index contributed by atoms with van der Waals surface area (Å²) in [5.74, 6) is 2.43. The number of benzene rings is 2. The number of rotatable bonds is 7. The van der Waals surface area contributed by atoms with Crippen molar-refractivity contribution >= 4 is 52.4 Å². The van der Waals surface area contributed by atoms with Gasteiger partial charge in [-0.1, -0.05) is 0 Å². The average Bonchev–Trinajstić information content (AvgIpc) is 3.41. The van der Waals surface area contributed by atoms with Crippen molar-refractivity contribution in [1.29, 1.82) is 0 Å². The summed E-state index contributed by atoms with van der Waals surface area (Å²) in [5, 5.41) is 26.3. The maximum atomic E-state index is 11.2. The predicted octanol–water partition coefficient (Wildman–Crippen LogP) is 3.08. The second-order valence-corrected chi connectivity index (χ2v) is 11.2. The van der Waals surface area contributed by atoms with Gasteiger partial charge in [-0.05, 0) is 61.1 Å². The summed E-state index contributed by atoms with van der Waals surface area (Å²) in [7, 11) is 0. The van der Waals surface area contributed by atoms with Crippen LogP contribution in [0.5, 0.6) is 0 Å². The molecule has 2 saturated heterocycles. The van der Waals surface area contributed by atoms with E-state index in [1.54, 1.807) is 12.1 Å². The van der Waals surface area contributed by atoms with E-state index >= 15 is 0 Å². The van der Waals surface area contributed by atoms with Gasteiger partial charge in [-0.25, -0.2) is 4.68 Å². The molecular formula is C29H31N11O4S. The highest BCUT2D eigenvalue weighted by molar-refractivity contribution is 7.80. The number of anilines is 5. The van der Waals surface area contributed by atoms with Gasteiger partial charge < -0.3 is 35.2 Å². The van der Waals surface area contributed by atoms with E-state index in [2.05, 4.69) is 25.8 Å². The lowest BCUT2D eigenvalue weighted by Gasteiger charge is -2.30. The van der Waals surface area contributed by atoms with Crippen molar-refractivity contribution in [3.05, 3.63) is 75.5 Å². The summed E-state index contributed by atoms with van der Waals surface area (Å²) in [6.45, 7) is 7.30. The number of aryl methyl sites for hydroxylation is 1. The van der Waals surface area contributed by atoms with Gasteiger partial charge in [-0.3, -0.25) is 10.1 Å². The first kappa shape index (κ1) is 28.8. The van der Waals surface area contributed by atoms with Crippen LogP contribution in [0.25, 0.3) is 5.69 Å². The van der Waals surface area contributed by atoms with E-state index in [1.165, 1.54) is 12.1 Å². The number of nitro groups is 1. The van der Waals surface area contributed by atoms with Crippen LogP contribution in [-0.2, 0) is 9.47 Å². The van der Waals surface area contributed by atoms with Crippen LogP contribution in [0.4, 0.5) is 35.0 Å². The fourth-order valence-electron chi connectivity index (χ4n) is 5.61. The lowest BCUT2D eigenvalue weighted by atomic mass is 9.97. The summed E-state index contributed by atoms with van der Waals surface area (Å²) in [5.41, 5.74) is 4.22. The summed E-state index contributed by atoms with van der Waals surface area (Å²) >= 11 is 5.53. The molecule has 3 N–H and O–H groups in total. The first-order valence-electron chi connectivity index (χ1n) is 14.6. The van der Waals surface area contributed by atoms with E-state index < -0.39 is 4.92 Å². The quantitative estimate of drug-likeness (QED) is 0.155. The van der Waals surface area contributed by atoms with E-state index in [0.29, 0.717) is 75.6 Å². The third-order valence-corrected chi connectivity index (χ3v) is 8.13. The normalized spacial score (nSPS) is 18.2. The molecule has 2 aromatic carbocycles. The first-order chi connectivity index (χ1) is 21.9. The van der Waals surface area contributed by atoms with E-state index in [4.69, 9.17) is 41.7 Å². The zero-order valence-corrected chi connectivity index (χ0v) is 25.3. The largest absolute Gasteiger partial charge is 0.378 e. The highest BCUT2D eigenvalue weighted by Crippen LogP contribution is 2.36. The average molecular weight is 630 g/mol. The molecule has 232 valence electrons. The molecule has 16 heteroatoms. The molecule has 15 nitrogen and oxygen atoms in total. The van der Waals surface area contributed by atoms with Gasteiger partial charge in [0.15, 0.2) is 5.11 Å². The van der Waals surface area contributed by atoms with Crippen molar-refractivity contribution in [3.8, 4) is 5.69 Å². The van der Waals surface area contributed by atoms with Gasteiger partial charge in [0.25, 0.3) is 5.69 Å². The molecule has 0 radical (unpaired) electrons. The summed E-state index contributed by atoms with van der Waals surface area (Å²) in [4.78, 5) is 29.2. The number of nitro benzene ring substituents is 1. The van der Waals surface area contributed by atoms with Crippen molar-refractivity contribution in [2.24, 2.45) is 0 Å². The number of thiocarbonyl (C=S) groups is 1. The molecule has 3 aliphatic heterocycles. The van der Waals surface area contributed by atoms with Crippen LogP contribution in [0.1, 0.15) is 22.9 Å². The molecule has 0 aliphatic carbocycles. The van der Waals surface area contributed by atoms with Crippen molar-refractivity contribution < 1.29 is 14.4 Å². The first-order valence-corrected chi connectivity index (χ1v) is 15.0. The van der Waals surface area contributed by atoms with Gasteiger partial charge in [0.05, 0.1) is 48.8 Å². The van der Waals surface area contributed by atoms with E-state index in [9.17, 15) is 10.1 Å². The zero-order chi connectivity index (χ0) is 30.9. The third kappa shape index (κ3) is 5.94. The number of fused-ring (bicyclic) bond motifs is 1. The van der Waals surface area contributed by atoms with E-state index in [1.807, 2.05) is 35.9 Å². The minimum absolute atomic E-state index is 0.0309. The van der Waals surface area contributed by atoms with Gasteiger partial charge in [0.1, 0.15) is 5.82 Å². The number of aromatic nitrogens is 5. The smallest absolute Gasteiger partial charge is 0.269 e. The molecule has 0 saturated carbocycles. The van der Waals surface area contributed by atoms with Crippen LogP contribution in [0.3, 0.4) is 0 Å². The number of ether oxygens (including phenoxy) is 2. The predicted molar refractivity (Wildman–Crippen MR) is 172 cm³/mol. The summed E-state index contributed by atoms with van der Waals surface area (Å²) < 4.78 is 12.9. The van der Waals surface area contributed by atoms with E-state index in [-0.39, 0.29) is 11.7 Å². The Hall–Kier alpha value is -4.93.